The van der Waals surface area contributed by atoms with E-state index in [1.807, 2.05) is 18.2 Å². The number of aliphatic hydroxyl groups is 1. The quantitative estimate of drug-likeness (QED) is 0.553. The van der Waals surface area contributed by atoms with Crippen molar-refractivity contribution in [1.29, 1.82) is 0 Å². The van der Waals surface area contributed by atoms with Crippen molar-refractivity contribution in [1.82, 2.24) is 0 Å². The Bertz CT molecular complexity index is 345. The second-order valence-corrected chi connectivity index (χ2v) is 4.45. The van der Waals surface area contributed by atoms with E-state index in [4.69, 9.17) is 5.11 Å². The summed E-state index contributed by atoms with van der Waals surface area (Å²) in [5.41, 5.74) is 1.82. The molecule has 17 heavy (non-hydrogen) atoms. The lowest BCUT2D eigenvalue weighted by Crippen LogP contribution is -2.04. The van der Waals surface area contributed by atoms with Crippen molar-refractivity contribution in [3.63, 3.8) is 0 Å². The molecule has 0 aliphatic heterocycles. The van der Waals surface area contributed by atoms with Gasteiger partial charge in [-0.1, -0.05) is 50.8 Å². The van der Waals surface area contributed by atoms with Gasteiger partial charge in [0.25, 0.3) is 0 Å². The molecule has 0 amide bonds. The number of ketones is 1. The summed E-state index contributed by atoms with van der Waals surface area (Å²) in [5, 5.41) is 8.80. The largest absolute Gasteiger partial charge is 0.388 e. The number of benzene rings is 1. The van der Waals surface area contributed by atoms with E-state index in [-0.39, 0.29) is 5.78 Å². The number of aliphatic hydroxyl groups excluding tert-OH is 1. The van der Waals surface area contributed by atoms with Crippen molar-refractivity contribution >= 4 is 5.78 Å². The van der Waals surface area contributed by atoms with Crippen LogP contribution in [0.1, 0.15) is 54.9 Å². The molecule has 0 aliphatic carbocycles. The van der Waals surface area contributed by atoms with Crippen LogP contribution < -0.4 is 0 Å². The van der Waals surface area contributed by atoms with Gasteiger partial charge in [0.15, 0.2) is 5.78 Å². The molecule has 1 N–H and O–H groups in total. The number of carbonyl (C=O) groups is 1. The molecule has 0 heterocycles. The molecule has 2 heteroatoms. The Labute approximate surface area is 104 Å². The van der Waals surface area contributed by atoms with E-state index >= 15 is 0 Å². The smallest absolute Gasteiger partial charge is 0.188 e. The number of hydrogen-bond donors (Lipinski definition) is 1. The summed E-state index contributed by atoms with van der Waals surface area (Å²) in [7, 11) is 0. The first-order valence-electron chi connectivity index (χ1n) is 6.51. The highest BCUT2D eigenvalue weighted by molar-refractivity contribution is 5.97. The molecule has 1 aromatic carbocycles. The van der Waals surface area contributed by atoms with Crippen molar-refractivity contribution < 1.29 is 9.90 Å². The van der Waals surface area contributed by atoms with Gasteiger partial charge in [-0.3, -0.25) is 4.79 Å². The van der Waals surface area contributed by atoms with Gasteiger partial charge in [0.05, 0.1) is 0 Å². The maximum Gasteiger partial charge on any atom is 0.188 e. The highest BCUT2D eigenvalue weighted by atomic mass is 16.3. The minimum atomic E-state index is -0.403. The van der Waals surface area contributed by atoms with Gasteiger partial charge < -0.3 is 5.11 Å². The Morgan fingerprint density at radius 2 is 1.94 bits per heavy atom. The zero-order chi connectivity index (χ0) is 12.5. The van der Waals surface area contributed by atoms with Crippen LogP contribution in [0.15, 0.2) is 24.3 Å². The van der Waals surface area contributed by atoms with E-state index in [0.717, 1.165) is 6.42 Å². The summed E-state index contributed by atoms with van der Waals surface area (Å²) >= 11 is 0. The summed E-state index contributed by atoms with van der Waals surface area (Å²) in [4.78, 5) is 11.3. The molecule has 0 fully saturated rings. The number of Topliss-reactive ketones (excluding diaryl/α,β-unsaturated/α-hetero) is 1. The maximum absolute atomic E-state index is 11.3. The second-order valence-electron chi connectivity index (χ2n) is 4.45. The van der Waals surface area contributed by atoms with E-state index < -0.39 is 6.61 Å². The zero-order valence-corrected chi connectivity index (χ0v) is 10.6. The van der Waals surface area contributed by atoms with Gasteiger partial charge in [-0.15, -0.1) is 0 Å². The van der Waals surface area contributed by atoms with Crippen LogP contribution in [0.25, 0.3) is 0 Å². The monoisotopic (exact) mass is 234 g/mol. The fourth-order valence-corrected chi connectivity index (χ4v) is 1.92. The highest BCUT2D eigenvalue weighted by Gasteiger charge is 2.04. The Morgan fingerprint density at radius 3 is 2.65 bits per heavy atom. The molecule has 1 rings (SSSR count). The van der Waals surface area contributed by atoms with Gasteiger partial charge in [0.2, 0.25) is 0 Å². The van der Waals surface area contributed by atoms with E-state index in [0.29, 0.717) is 5.56 Å². The van der Waals surface area contributed by atoms with Crippen molar-refractivity contribution in [3.05, 3.63) is 35.4 Å². The van der Waals surface area contributed by atoms with Gasteiger partial charge in [-0.05, 0) is 24.5 Å². The van der Waals surface area contributed by atoms with Crippen molar-refractivity contribution in [2.24, 2.45) is 0 Å². The molecule has 0 bridgehead atoms. The molecule has 0 spiro atoms. The number of hydrogen-bond acceptors (Lipinski definition) is 2. The van der Waals surface area contributed by atoms with Crippen molar-refractivity contribution in [3.8, 4) is 0 Å². The molecule has 2 nitrogen and oxygen atoms in total. The van der Waals surface area contributed by atoms with Crippen LogP contribution in [-0.2, 0) is 6.42 Å². The van der Waals surface area contributed by atoms with E-state index in [1.54, 1.807) is 6.07 Å². The first-order chi connectivity index (χ1) is 8.27. The van der Waals surface area contributed by atoms with E-state index in [2.05, 4.69) is 6.92 Å². The molecule has 0 saturated heterocycles. The van der Waals surface area contributed by atoms with Gasteiger partial charge in [0, 0.05) is 5.56 Å². The maximum atomic E-state index is 11.3. The summed E-state index contributed by atoms with van der Waals surface area (Å²) < 4.78 is 0. The van der Waals surface area contributed by atoms with Gasteiger partial charge in [0.1, 0.15) is 6.61 Å². The van der Waals surface area contributed by atoms with Crippen molar-refractivity contribution in [2.75, 3.05) is 6.61 Å². The Morgan fingerprint density at radius 1 is 1.18 bits per heavy atom. The van der Waals surface area contributed by atoms with Gasteiger partial charge in [-0.25, -0.2) is 0 Å². The average Bonchev–Trinajstić information content (AvgIpc) is 2.38. The Kier molecular flexibility index (Phi) is 6.56. The Hall–Kier alpha value is -1.15. The third-order valence-electron chi connectivity index (χ3n) is 2.96. The molecular weight excluding hydrogens is 212 g/mol. The normalized spacial score (nSPS) is 10.5. The predicted molar refractivity (Wildman–Crippen MR) is 70.3 cm³/mol. The number of rotatable bonds is 8. The van der Waals surface area contributed by atoms with Gasteiger partial charge in [-0.2, -0.15) is 0 Å². The molecular formula is C15H22O2. The molecule has 0 aliphatic rings. The summed E-state index contributed by atoms with van der Waals surface area (Å²) in [6.07, 6.45) is 7.33. The number of carbonyl (C=O) groups excluding carboxylic acids is 1. The highest BCUT2D eigenvalue weighted by Crippen LogP contribution is 2.11. The Balaban J connectivity index is 2.40. The molecule has 94 valence electrons. The molecule has 0 atom stereocenters. The first kappa shape index (κ1) is 13.9. The lowest BCUT2D eigenvalue weighted by molar-refractivity contribution is 0.0903. The van der Waals surface area contributed by atoms with Crippen LogP contribution in [0.2, 0.25) is 0 Å². The third kappa shape index (κ3) is 5.14. The van der Waals surface area contributed by atoms with E-state index in [1.165, 1.54) is 37.7 Å². The second kappa shape index (κ2) is 8.02. The fourth-order valence-electron chi connectivity index (χ4n) is 1.92. The van der Waals surface area contributed by atoms with Crippen molar-refractivity contribution in [2.45, 2.75) is 45.4 Å². The van der Waals surface area contributed by atoms with Crippen LogP contribution in [0.3, 0.4) is 0 Å². The topological polar surface area (TPSA) is 37.3 Å². The molecule has 0 radical (unpaired) electrons. The summed E-state index contributed by atoms with van der Waals surface area (Å²) in [5.74, 6) is -0.196. The number of aryl methyl sites for hydroxylation is 1. The molecule has 0 aromatic heterocycles. The summed E-state index contributed by atoms with van der Waals surface area (Å²) in [6, 6.07) is 7.61. The standard InChI is InChI=1S/C15H22O2/c1-2-3-4-5-6-8-13-9-7-10-14(11-13)15(17)12-16/h7,9-11,16H,2-6,8,12H2,1H3. The predicted octanol–water partition coefficient (Wildman–Crippen LogP) is 3.37. The zero-order valence-electron chi connectivity index (χ0n) is 10.6. The fraction of sp³-hybridized carbons (Fsp3) is 0.533. The van der Waals surface area contributed by atoms with Crippen LogP contribution >= 0.6 is 0 Å². The van der Waals surface area contributed by atoms with Crippen LogP contribution in [0.4, 0.5) is 0 Å². The SMILES string of the molecule is CCCCCCCc1cccc(C(=O)CO)c1. The first-order valence-corrected chi connectivity index (χ1v) is 6.51. The van der Waals surface area contributed by atoms with Crippen LogP contribution in [-0.4, -0.2) is 17.5 Å². The molecule has 0 saturated carbocycles. The van der Waals surface area contributed by atoms with E-state index in [9.17, 15) is 4.79 Å². The van der Waals surface area contributed by atoms with Gasteiger partial charge >= 0.3 is 0 Å². The van der Waals surface area contributed by atoms with Crippen LogP contribution in [0.5, 0.6) is 0 Å². The number of unbranched alkanes of at least 4 members (excludes halogenated alkanes) is 4. The minimum absolute atomic E-state index is 0.196. The molecule has 1 aromatic rings. The molecule has 0 unspecified atom stereocenters. The third-order valence-corrected chi connectivity index (χ3v) is 2.96. The lowest BCUT2D eigenvalue weighted by Gasteiger charge is -2.04. The minimum Gasteiger partial charge on any atom is -0.388 e. The average molecular weight is 234 g/mol. The summed E-state index contributed by atoms with van der Waals surface area (Å²) in [6.45, 7) is 1.81. The lowest BCUT2D eigenvalue weighted by atomic mass is 10.0. The van der Waals surface area contributed by atoms with Crippen LogP contribution in [0, 0.1) is 0 Å².